The Morgan fingerprint density at radius 1 is 1.40 bits per heavy atom. The van der Waals surface area contributed by atoms with E-state index >= 15 is 0 Å². The largest absolute Gasteiger partial charge is 0.497 e. The van der Waals surface area contributed by atoms with Crippen LogP contribution in [0.4, 0.5) is 5.69 Å². The lowest BCUT2D eigenvalue weighted by Gasteiger charge is -2.22. The van der Waals surface area contributed by atoms with E-state index in [2.05, 4.69) is 5.32 Å². The topological polar surface area (TPSA) is 73.6 Å². The summed E-state index contributed by atoms with van der Waals surface area (Å²) in [5.74, 6) is 1.48. The van der Waals surface area contributed by atoms with Gasteiger partial charge in [0.2, 0.25) is 5.75 Å². The minimum Gasteiger partial charge on any atom is -0.497 e. The van der Waals surface area contributed by atoms with Crippen LogP contribution < -0.4 is 14.8 Å². The molecule has 0 spiro atoms. The van der Waals surface area contributed by atoms with Gasteiger partial charge in [0.1, 0.15) is 5.75 Å². The van der Waals surface area contributed by atoms with Crippen LogP contribution in [0.2, 0.25) is 0 Å². The third kappa shape index (κ3) is 3.84. The van der Waals surface area contributed by atoms with Crippen molar-refractivity contribution in [2.45, 2.75) is 19.3 Å². The summed E-state index contributed by atoms with van der Waals surface area (Å²) < 4.78 is 10.7. The maximum absolute atomic E-state index is 11.0. The van der Waals surface area contributed by atoms with Gasteiger partial charge in [-0.15, -0.1) is 0 Å². The van der Waals surface area contributed by atoms with Crippen molar-refractivity contribution in [3.63, 3.8) is 0 Å². The Kier molecular flexibility index (Phi) is 5.17. The number of hydrogen-bond donors (Lipinski definition) is 1. The Bertz CT molecular complexity index is 458. The smallest absolute Gasteiger partial charge is 0.311 e. The molecular formula is C14H20N2O4. The summed E-state index contributed by atoms with van der Waals surface area (Å²) in [4.78, 5) is 10.5. The zero-order valence-electron chi connectivity index (χ0n) is 11.6. The van der Waals surface area contributed by atoms with Crippen LogP contribution in [-0.2, 0) is 0 Å². The molecule has 1 heterocycles. The van der Waals surface area contributed by atoms with Gasteiger partial charge in [0, 0.05) is 12.1 Å². The van der Waals surface area contributed by atoms with Crippen molar-refractivity contribution < 1.29 is 14.4 Å². The molecule has 1 N–H and O–H groups in total. The lowest BCUT2D eigenvalue weighted by molar-refractivity contribution is -0.385. The number of hydrogen-bond acceptors (Lipinski definition) is 5. The van der Waals surface area contributed by atoms with Gasteiger partial charge in [-0.1, -0.05) is 0 Å². The SMILES string of the molecule is COc1ccc([N+](=O)[O-])c(OCCC2CCNCC2)c1. The van der Waals surface area contributed by atoms with Crippen molar-refractivity contribution in [2.24, 2.45) is 5.92 Å². The van der Waals surface area contributed by atoms with Crippen LogP contribution in [0.15, 0.2) is 18.2 Å². The third-order valence-electron chi connectivity index (χ3n) is 3.61. The molecule has 1 fully saturated rings. The van der Waals surface area contributed by atoms with E-state index in [9.17, 15) is 10.1 Å². The van der Waals surface area contributed by atoms with Crippen LogP contribution in [0.1, 0.15) is 19.3 Å². The minimum atomic E-state index is -0.431. The van der Waals surface area contributed by atoms with Crippen molar-refractivity contribution in [1.29, 1.82) is 0 Å². The van der Waals surface area contributed by atoms with Gasteiger partial charge in [0.25, 0.3) is 0 Å². The molecule has 0 radical (unpaired) electrons. The van der Waals surface area contributed by atoms with E-state index < -0.39 is 4.92 Å². The summed E-state index contributed by atoms with van der Waals surface area (Å²) in [6.07, 6.45) is 3.21. The summed E-state index contributed by atoms with van der Waals surface area (Å²) >= 11 is 0. The number of nitrogens with zero attached hydrogens (tertiary/aromatic N) is 1. The fourth-order valence-electron chi connectivity index (χ4n) is 2.39. The standard InChI is InChI=1S/C14H20N2O4/c1-19-12-2-3-13(16(17)18)14(10-12)20-9-6-11-4-7-15-8-5-11/h2-3,10-11,15H,4-9H2,1H3. The molecule has 0 aliphatic carbocycles. The Hall–Kier alpha value is -1.82. The van der Waals surface area contributed by atoms with E-state index in [-0.39, 0.29) is 11.4 Å². The second-order valence-electron chi connectivity index (χ2n) is 4.92. The number of piperidine rings is 1. The molecule has 0 bridgehead atoms. The van der Waals surface area contributed by atoms with Gasteiger partial charge in [-0.25, -0.2) is 0 Å². The molecule has 0 atom stereocenters. The van der Waals surface area contributed by atoms with E-state index in [1.807, 2.05) is 0 Å². The highest BCUT2D eigenvalue weighted by atomic mass is 16.6. The number of ether oxygens (including phenoxy) is 2. The first-order chi connectivity index (χ1) is 9.70. The Labute approximate surface area is 118 Å². The molecule has 110 valence electrons. The zero-order valence-corrected chi connectivity index (χ0v) is 11.6. The van der Waals surface area contributed by atoms with E-state index in [1.54, 1.807) is 12.1 Å². The molecule has 1 saturated heterocycles. The molecular weight excluding hydrogens is 260 g/mol. The average Bonchev–Trinajstić information content (AvgIpc) is 2.48. The van der Waals surface area contributed by atoms with Gasteiger partial charge < -0.3 is 14.8 Å². The number of methoxy groups -OCH3 is 1. The van der Waals surface area contributed by atoms with Gasteiger partial charge in [-0.05, 0) is 44.3 Å². The third-order valence-corrected chi connectivity index (χ3v) is 3.61. The summed E-state index contributed by atoms with van der Waals surface area (Å²) in [5.41, 5.74) is -0.0175. The average molecular weight is 280 g/mol. The lowest BCUT2D eigenvalue weighted by atomic mass is 9.95. The maximum Gasteiger partial charge on any atom is 0.311 e. The Morgan fingerprint density at radius 3 is 2.80 bits per heavy atom. The zero-order chi connectivity index (χ0) is 14.4. The number of benzene rings is 1. The van der Waals surface area contributed by atoms with Crippen LogP contribution in [-0.4, -0.2) is 31.7 Å². The first-order valence-corrected chi connectivity index (χ1v) is 6.86. The first kappa shape index (κ1) is 14.6. The summed E-state index contributed by atoms with van der Waals surface area (Å²) in [6, 6.07) is 4.55. The Morgan fingerprint density at radius 2 is 2.15 bits per heavy atom. The van der Waals surface area contributed by atoms with E-state index in [0.29, 0.717) is 18.3 Å². The van der Waals surface area contributed by atoms with Crippen LogP contribution in [0.25, 0.3) is 0 Å². The molecule has 6 heteroatoms. The molecule has 6 nitrogen and oxygen atoms in total. The molecule has 1 aromatic carbocycles. The van der Waals surface area contributed by atoms with Gasteiger partial charge in [0.15, 0.2) is 0 Å². The van der Waals surface area contributed by atoms with Gasteiger partial charge in [-0.3, -0.25) is 10.1 Å². The van der Waals surface area contributed by atoms with Crippen LogP contribution in [0, 0.1) is 16.0 Å². The highest BCUT2D eigenvalue weighted by Gasteiger charge is 2.17. The number of nitro groups is 1. The minimum absolute atomic E-state index is 0.0175. The second-order valence-corrected chi connectivity index (χ2v) is 4.92. The normalized spacial score (nSPS) is 15.8. The van der Waals surface area contributed by atoms with Crippen LogP contribution in [0.5, 0.6) is 11.5 Å². The predicted molar refractivity (Wildman–Crippen MR) is 75.4 cm³/mol. The van der Waals surface area contributed by atoms with Crippen molar-refractivity contribution in [2.75, 3.05) is 26.8 Å². The molecule has 1 aliphatic heterocycles. The molecule has 0 unspecified atom stereocenters. The number of rotatable bonds is 6. The van der Waals surface area contributed by atoms with Crippen molar-refractivity contribution in [1.82, 2.24) is 5.32 Å². The summed E-state index contributed by atoms with van der Waals surface area (Å²) in [6.45, 7) is 2.59. The van der Waals surface area contributed by atoms with Gasteiger partial charge in [0.05, 0.1) is 18.6 Å². The molecule has 0 saturated carbocycles. The maximum atomic E-state index is 11.0. The van der Waals surface area contributed by atoms with E-state index in [1.165, 1.54) is 13.2 Å². The van der Waals surface area contributed by atoms with Gasteiger partial charge in [-0.2, -0.15) is 0 Å². The fraction of sp³-hybridized carbons (Fsp3) is 0.571. The molecule has 20 heavy (non-hydrogen) atoms. The summed E-state index contributed by atoms with van der Waals surface area (Å²) in [5, 5.41) is 14.3. The van der Waals surface area contributed by atoms with Crippen LogP contribution in [0.3, 0.4) is 0 Å². The van der Waals surface area contributed by atoms with Crippen LogP contribution >= 0.6 is 0 Å². The summed E-state index contributed by atoms with van der Waals surface area (Å²) in [7, 11) is 1.53. The van der Waals surface area contributed by atoms with Crippen molar-refractivity contribution >= 4 is 5.69 Å². The Balaban J connectivity index is 1.94. The molecule has 2 rings (SSSR count). The number of nitro benzene ring substituents is 1. The van der Waals surface area contributed by atoms with Crippen molar-refractivity contribution in [3.8, 4) is 11.5 Å². The number of nitrogens with one attached hydrogen (secondary N) is 1. The molecule has 0 amide bonds. The lowest BCUT2D eigenvalue weighted by Crippen LogP contribution is -2.28. The molecule has 1 aliphatic rings. The quantitative estimate of drug-likeness (QED) is 0.639. The molecule has 0 aromatic heterocycles. The first-order valence-electron chi connectivity index (χ1n) is 6.86. The highest BCUT2D eigenvalue weighted by Crippen LogP contribution is 2.31. The van der Waals surface area contributed by atoms with Crippen molar-refractivity contribution in [3.05, 3.63) is 28.3 Å². The van der Waals surface area contributed by atoms with E-state index in [4.69, 9.17) is 9.47 Å². The predicted octanol–water partition coefficient (Wildman–Crippen LogP) is 2.37. The second kappa shape index (κ2) is 7.09. The monoisotopic (exact) mass is 280 g/mol. The van der Waals surface area contributed by atoms with Gasteiger partial charge >= 0.3 is 5.69 Å². The van der Waals surface area contributed by atoms with E-state index in [0.717, 1.165) is 32.4 Å². The fourth-order valence-corrected chi connectivity index (χ4v) is 2.39. The molecule has 1 aromatic rings. The highest BCUT2D eigenvalue weighted by molar-refractivity contribution is 5.50.